The lowest BCUT2D eigenvalue weighted by molar-refractivity contribution is -0.137. The molecule has 0 radical (unpaired) electrons. The lowest BCUT2D eigenvalue weighted by Gasteiger charge is -2.34. The Hall–Kier alpha value is -1.81. The van der Waals surface area contributed by atoms with E-state index in [1.54, 1.807) is 0 Å². The smallest absolute Gasteiger partial charge is 0.327 e. The summed E-state index contributed by atoms with van der Waals surface area (Å²) in [7, 11) is 0. The van der Waals surface area contributed by atoms with E-state index in [0.717, 1.165) is 24.1 Å². The number of halogens is 3. The van der Waals surface area contributed by atoms with E-state index in [9.17, 15) is 13.2 Å². The Morgan fingerprint density at radius 2 is 1.71 bits per heavy atom. The van der Waals surface area contributed by atoms with Gasteiger partial charge in [-0.1, -0.05) is 36.4 Å². The van der Waals surface area contributed by atoms with Crippen molar-refractivity contribution < 1.29 is 13.2 Å². The number of hydrogen-bond acceptors (Lipinski definition) is 1. The molecule has 4 heteroatoms. The molecule has 0 amide bonds. The highest BCUT2D eigenvalue weighted by Gasteiger charge is 2.32. The first-order valence-corrected chi connectivity index (χ1v) is 6.94. The summed E-state index contributed by atoms with van der Waals surface area (Å²) in [6.07, 6.45) is -2.73. The van der Waals surface area contributed by atoms with Crippen LogP contribution in [0.25, 0.3) is 0 Å². The molecule has 1 aliphatic rings. The molecule has 0 saturated heterocycles. The average Bonchev–Trinajstić information content (AvgIpc) is 2.40. The van der Waals surface area contributed by atoms with Gasteiger partial charge < -0.3 is 5.73 Å². The molecule has 1 aliphatic carbocycles. The molecule has 1 nitrogen and oxygen atoms in total. The molecule has 2 aromatic rings. The molecule has 21 heavy (non-hydrogen) atoms. The van der Waals surface area contributed by atoms with E-state index in [-0.39, 0.29) is 6.04 Å². The minimum atomic E-state index is -4.28. The molecule has 2 unspecified atom stereocenters. The third-order valence-corrected chi connectivity index (χ3v) is 4.16. The van der Waals surface area contributed by atoms with Crippen molar-refractivity contribution in [1.29, 1.82) is 0 Å². The Kier molecular flexibility index (Phi) is 3.49. The van der Waals surface area contributed by atoms with Gasteiger partial charge in [0.25, 0.3) is 0 Å². The molecular formula is C17H16F3N. The summed E-state index contributed by atoms with van der Waals surface area (Å²) in [5.41, 5.74) is 9.06. The number of fused-ring (bicyclic) bond motifs is 1. The van der Waals surface area contributed by atoms with Crippen LogP contribution in [0.15, 0.2) is 48.5 Å². The molecule has 110 valence electrons. The maximum absolute atomic E-state index is 12.5. The lowest BCUT2D eigenvalue weighted by atomic mass is 9.72. The third kappa shape index (κ3) is 2.81. The molecular weight excluding hydrogens is 275 g/mol. The summed E-state index contributed by atoms with van der Waals surface area (Å²) >= 11 is 0. The van der Waals surface area contributed by atoms with Crippen LogP contribution < -0.4 is 5.73 Å². The first-order chi connectivity index (χ1) is 9.95. The lowest BCUT2D eigenvalue weighted by Crippen LogP contribution is -2.37. The number of rotatable bonds is 3. The number of benzene rings is 2. The van der Waals surface area contributed by atoms with Crippen LogP contribution in [0.1, 0.15) is 28.2 Å². The minimum Gasteiger partial charge on any atom is -0.327 e. The molecule has 0 aromatic heterocycles. The first-order valence-electron chi connectivity index (χ1n) is 6.94. The minimum absolute atomic E-state index is 0.0587. The fraction of sp³-hybridized carbons (Fsp3) is 0.294. The number of hydrogen-bond donors (Lipinski definition) is 1. The topological polar surface area (TPSA) is 26.0 Å². The van der Waals surface area contributed by atoms with Gasteiger partial charge in [0.05, 0.1) is 5.56 Å². The van der Waals surface area contributed by atoms with Gasteiger partial charge in [-0.25, -0.2) is 0 Å². The van der Waals surface area contributed by atoms with Gasteiger partial charge in [0.1, 0.15) is 0 Å². The van der Waals surface area contributed by atoms with E-state index < -0.39 is 11.7 Å². The molecule has 0 fully saturated rings. The van der Waals surface area contributed by atoms with Crippen LogP contribution in [0, 0.1) is 0 Å². The molecule has 0 heterocycles. The van der Waals surface area contributed by atoms with E-state index in [0.29, 0.717) is 12.3 Å². The van der Waals surface area contributed by atoms with E-state index in [1.807, 2.05) is 12.1 Å². The van der Waals surface area contributed by atoms with Crippen LogP contribution >= 0.6 is 0 Å². The van der Waals surface area contributed by atoms with Gasteiger partial charge in [-0.3, -0.25) is 0 Å². The van der Waals surface area contributed by atoms with Gasteiger partial charge in [0, 0.05) is 12.0 Å². The van der Waals surface area contributed by atoms with Crippen LogP contribution in [0.4, 0.5) is 13.2 Å². The summed E-state index contributed by atoms with van der Waals surface area (Å²) in [5.74, 6) is 0.309. The van der Waals surface area contributed by atoms with Gasteiger partial charge in [-0.2, -0.15) is 13.2 Å². The van der Waals surface area contributed by atoms with E-state index >= 15 is 0 Å². The van der Waals surface area contributed by atoms with Crippen molar-refractivity contribution in [2.45, 2.75) is 31.0 Å². The maximum Gasteiger partial charge on any atom is 0.416 e. The second kappa shape index (κ2) is 5.19. The van der Waals surface area contributed by atoms with Crippen LogP contribution in [-0.4, -0.2) is 6.04 Å². The van der Waals surface area contributed by atoms with Crippen LogP contribution in [-0.2, 0) is 19.0 Å². The zero-order valence-corrected chi connectivity index (χ0v) is 11.4. The summed E-state index contributed by atoms with van der Waals surface area (Å²) in [6, 6.07) is 13.4. The van der Waals surface area contributed by atoms with Crippen molar-refractivity contribution in [1.82, 2.24) is 0 Å². The highest BCUT2D eigenvalue weighted by atomic mass is 19.4. The summed E-state index contributed by atoms with van der Waals surface area (Å²) in [4.78, 5) is 0. The van der Waals surface area contributed by atoms with Crippen molar-refractivity contribution in [3.05, 3.63) is 70.8 Å². The molecule has 0 spiro atoms. The SMILES string of the molecule is NC(Cc1ccc(C(F)(F)F)cc1)C1Cc2ccccc21. The van der Waals surface area contributed by atoms with Crippen LogP contribution in [0.2, 0.25) is 0 Å². The van der Waals surface area contributed by atoms with E-state index in [4.69, 9.17) is 5.73 Å². The van der Waals surface area contributed by atoms with E-state index in [2.05, 4.69) is 12.1 Å². The van der Waals surface area contributed by atoms with Crippen LogP contribution in [0.5, 0.6) is 0 Å². The van der Waals surface area contributed by atoms with Gasteiger partial charge >= 0.3 is 6.18 Å². The Morgan fingerprint density at radius 3 is 2.33 bits per heavy atom. The van der Waals surface area contributed by atoms with Crippen molar-refractivity contribution in [3.63, 3.8) is 0 Å². The zero-order valence-electron chi connectivity index (χ0n) is 11.4. The van der Waals surface area contributed by atoms with Gasteiger partial charge in [-0.15, -0.1) is 0 Å². The Labute approximate surface area is 121 Å². The molecule has 0 saturated carbocycles. The Balaban J connectivity index is 1.68. The molecule has 2 N–H and O–H groups in total. The van der Waals surface area contributed by atoms with Crippen molar-refractivity contribution in [2.24, 2.45) is 5.73 Å². The van der Waals surface area contributed by atoms with Gasteiger partial charge in [0.2, 0.25) is 0 Å². The van der Waals surface area contributed by atoms with Crippen molar-refractivity contribution in [3.8, 4) is 0 Å². The Bertz CT molecular complexity index is 631. The zero-order chi connectivity index (χ0) is 15.0. The average molecular weight is 291 g/mol. The number of alkyl halides is 3. The summed E-state index contributed by atoms with van der Waals surface area (Å²) < 4.78 is 37.5. The predicted molar refractivity (Wildman–Crippen MR) is 76.0 cm³/mol. The third-order valence-electron chi connectivity index (χ3n) is 4.16. The molecule has 3 rings (SSSR count). The fourth-order valence-corrected chi connectivity index (χ4v) is 2.92. The van der Waals surface area contributed by atoms with Crippen molar-refractivity contribution >= 4 is 0 Å². The first kappa shape index (κ1) is 14.1. The predicted octanol–water partition coefficient (Wildman–Crippen LogP) is 3.92. The second-order valence-corrected chi connectivity index (χ2v) is 5.57. The summed E-state index contributed by atoms with van der Waals surface area (Å²) in [6.45, 7) is 0. The summed E-state index contributed by atoms with van der Waals surface area (Å²) in [5, 5.41) is 0. The highest BCUT2D eigenvalue weighted by Crippen LogP contribution is 2.37. The maximum atomic E-state index is 12.5. The second-order valence-electron chi connectivity index (χ2n) is 5.57. The fourth-order valence-electron chi connectivity index (χ4n) is 2.92. The monoisotopic (exact) mass is 291 g/mol. The van der Waals surface area contributed by atoms with Gasteiger partial charge in [-0.05, 0) is 41.7 Å². The van der Waals surface area contributed by atoms with Crippen LogP contribution in [0.3, 0.4) is 0 Å². The normalized spacial score (nSPS) is 18.8. The molecule has 2 atom stereocenters. The molecule has 0 bridgehead atoms. The van der Waals surface area contributed by atoms with E-state index in [1.165, 1.54) is 23.3 Å². The standard InChI is InChI=1S/C17H16F3N/c18-17(19,20)13-7-5-11(6-8-13)9-16(21)15-10-12-3-1-2-4-14(12)15/h1-8,15-16H,9-10,21H2. The quantitative estimate of drug-likeness (QED) is 0.911. The van der Waals surface area contributed by atoms with Gasteiger partial charge in [0.15, 0.2) is 0 Å². The molecule has 2 aromatic carbocycles. The van der Waals surface area contributed by atoms with Crippen molar-refractivity contribution in [2.75, 3.05) is 0 Å². The number of nitrogens with two attached hydrogens (primary N) is 1. The molecule has 0 aliphatic heterocycles. The Morgan fingerprint density at radius 1 is 1.05 bits per heavy atom. The largest absolute Gasteiger partial charge is 0.416 e. The highest BCUT2D eigenvalue weighted by molar-refractivity contribution is 5.41.